The molecule has 19 heteroatoms. The predicted molar refractivity (Wildman–Crippen MR) is 65.4 cm³/mol. The average molecular weight is 507 g/mol. The van der Waals surface area contributed by atoms with Crippen molar-refractivity contribution < 1.29 is 79.4 Å². The van der Waals surface area contributed by atoms with Crippen molar-refractivity contribution in [3.63, 3.8) is 0 Å². The smallest absolute Gasteiger partial charge is 0.328 e. The topological polar surface area (TPSA) is 35.2 Å². The van der Waals surface area contributed by atoms with Crippen molar-refractivity contribution >= 4 is 0 Å². The number of nitrogens with two attached hydrogens (primary N) is 1. The molecule has 2 N–H and O–H groups in total. The van der Waals surface area contributed by atoms with Gasteiger partial charge in [0.25, 0.3) is 6.43 Å². The van der Waals surface area contributed by atoms with Crippen molar-refractivity contribution in [2.24, 2.45) is 5.73 Å². The molecule has 0 aromatic rings. The van der Waals surface area contributed by atoms with Crippen LogP contribution in [-0.4, -0.2) is 73.8 Å². The molecule has 0 aliphatic carbocycles. The Morgan fingerprint density at radius 1 is 0.581 bits per heavy atom. The van der Waals surface area contributed by atoms with E-state index in [9.17, 15) is 74.6 Å². The Bertz CT molecular complexity index is 594. The van der Waals surface area contributed by atoms with Crippen LogP contribution in [0.3, 0.4) is 0 Å². The molecule has 31 heavy (non-hydrogen) atoms. The summed E-state index contributed by atoms with van der Waals surface area (Å²) in [5.41, 5.74) is 4.49. The Labute approximate surface area is 160 Å². The first-order valence-electron chi connectivity index (χ1n) is 7.30. The number of halogens is 17. The molecule has 0 fully saturated rings. The molecule has 0 aliphatic rings. The van der Waals surface area contributed by atoms with Crippen LogP contribution in [0, 0.1) is 0 Å². The van der Waals surface area contributed by atoms with E-state index in [0.717, 1.165) is 0 Å². The number of alkyl halides is 17. The Hall–Kier alpha value is -1.27. The average Bonchev–Trinajstić information content (AvgIpc) is 2.63. The first kappa shape index (κ1) is 29.7. The summed E-state index contributed by atoms with van der Waals surface area (Å²) >= 11 is 0. The Morgan fingerprint density at radius 2 is 0.968 bits per heavy atom. The van der Waals surface area contributed by atoms with Crippen molar-refractivity contribution in [3.05, 3.63) is 0 Å². The molecule has 0 amide bonds. The Morgan fingerprint density at radius 3 is 1.32 bits per heavy atom. The second-order valence-electron chi connectivity index (χ2n) is 5.70. The van der Waals surface area contributed by atoms with Gasteiger partial charge in [0, 0.05) is 6.54 Å². The van der Waals surface area contributed by atoms with Crippen molar-refractivity contribution in [2.75, 3.05) is 13.2 Å². The van der Waals surface area contributed by atoms with Crippen LogP contribution in [0.4, 0.5) is 74.6 Å². The van der Waals surface area contributed by atoms with Gasteiger partial charge in [-0.05, 0) is 0 Å². The fourth-order valence-corrected chi connectivity index (χ4v) is 1.74. The van der Waals surface area contributed by atoms with Crippen LogP contribution >= 0.6 is 0 Å². The van der Waals surface area contributed by atoms with Gasteiger partial charge in [-0.25, -0.2) is 22.0 Å². The number of hydrogen-bond acceptors (Lipinski definition) is 2. The van der Waals surface area contributed by atoms with E-state index in [4.69, 9.17) is 0 Å². The third-order valence-electron chi connectivity index (χ3n) is 3.54. The quantitative estimate of drug-likeness (QED) is 0.377. The minimum Gasteiger partial charge on any atom is -0.328 e. The van der Waals surface area contributed by atoms with Gasteiger partial charge in [0.2, 0.25) is 6.17 Å². The summed E-state index contributed by atoms with van der Waals surface area (Å²) in [4.78, 5) is 0. The van der Waals surface area contributed by atoms with E-state index in [1.165, 1.54) is 0 Å². The van der Waals surface area contributed by atoms with Crippen molar-refractivity contribution in [1.29, 1.82) is 0 Å². The van der Waals surface area contributed by atoms with Gasteiger partial charge in [-0.1, -0.05) is 0 Å². The van der Waals surface area contributed by atoms with Crippen LogP contribution in [0.15, 0.2) is 0 Å². The summed E-state index contributed by atoms with van der Waals surface area (Å²) in [5, 5.41) is 0. The van der Waals surface area contributed by atoms with E-state index in [1.807, 2.05) is 0 Å². The summed E-state index contributed by atoms with van der Waals surface area (Å²) in [5.74, 6) is -40.0. The molecular formula is C12H10F17NO. The molecule has 3 atom stereocenters. The zero-order valence-electron chi connectivity index (χ0n) is 14.1. The summed E-state index contributed by atoms with van der Waals surface area (Å²) in [6.07, 6.45) is -26.9. The highest BCUT2D eigenvalue weighted by Crippen LogP contribution is 2.61. The van der Waals surface area contributed by atoms with Crippen molar-refractivity contribution in [2.45, 2.75) is 60.7 Å². The molecule has 0 saturated carbocycles. The van der Waals surface area contributed by atoms with E-state index in [0.29, 0.717) is 0 Å². The molecule has 2 nitrogen and oxygen atoms in total. The lowest BCUT2D eigenvalue weighted by Gasteiger charge is -2.41. The third kappa shape index (κ3) is 4.61. The normalized spacial score (nSPS) is 18.3. The van der Waals surface area contributed by atoms with Crippen LogP contribution in [0.2, 0.25) is 0 Å². The van der Waals surface area contributed by atoms with Crippen LogP contribution < -0.4 is 5.73 Å². The van der Waals surface area contributed by atoms with Gasteiger partial charge in [0.1, 0.15) is 0 Å². The highest BCUT2D eigenvalue weighted by Gasteiger charge is 2.91. The number of ether oxygens (including phenoxy) is 1. The molecule has 0 heterocycles. The SMILES string of the molecule is NCCOC(F)(F)C(F)(F)C(F)(F)C(F)(F)C(F)(F)C(F)(F)C(F)C(F)C(F)C(F)F. The lowest BCUT2D eigenvalue weighted by Crippen LogP contribution is -2.72. The molecule has 0 saturated heterocycles. The van der Waals surface area contributed by atoms with E-state index >= 15 is 0 Å². The Balaban J connectivity index is 6.36. The van der Waals surface area contributed by atoms with Crippen LogP contribution in [-0.2, 0) is 4.74 Å². The second-order valence-corrected chi connectivity index (χ2v) is 5.70. The molecule has 0 aromatic heterocycles. The molecule has 0 rings (SSSR count). The van der Waals surface area contributed by atoms with E-state index in [2.05, 4.69) is 10.5 Å². The molecule has 0 radical (unpaired) electrons. The number of hydrogen-bond donors (Lipinski definition) is 1. The minimum absolute atomic E-state index is 1.14. The van der Waals surface area contributed by atoms with Gasteiger partial charge in [-0.3, -0.25) is 0 Å². The molecule has 0 aliphatic heterocycles. The lowest BCUT2D eigenvalue weighted by atomic mass is 9.90. The molecule has 188 valence electrons. The maximum Gasteiger partial charge on any atom is 0.426 e. The van der Waals surface area contributed by atoms with Crippen molar-refractivity contribution in [1.82, 2.24) is 0 Å². The van der Waals surface area contributed by atoms with Crippen LogP contribution in [0.1, 0.15) is 0 Å². The van der Waals surface area contributed by atoms with Crippen LogP contribution in [0.25, 0.3) is 0 Å². The van der Waals surface area contributed by atoms with Gasteiger partial charge >= 0.3 is 35.7 Å². The van der Waals surface area contributed by atoms with Gasteiger partial charge in [0.05, 0.1) is 6.61 Å². The summed E-state index contributed by atoms with van der Waals surface area (Å²) in [6, 6.07) is 0. The fourth-order valence-electron chi connectivity index (χ4n) is 1.74. The second kappa shape index (κ2) is 8.93. The first-order chi connectivity index (χ1) is 13.5. The van der Waals surface area contributed by atoms with E-state index in [1.54, 1.807) is 0 Å². The first-order valence-corrected chi connectivity index (χ1v) is 7.30. The summed E-state index contributed by atoms with van der Waals surface area (Å²) in [6.45, 7) is -2.91. The van der Waals surface area contributed by atoms with E-state index in [-0.39, 0.29) is 0 Å². The van der Waals surface area contributed by atoms with Crippen molar-refractivity contribution in [3.8, 4) is 0 Å². The standard InChI is InChI=1S/C12H10F17NO/c13-3(4(14)6(16)17)5(15)7(18,19)8(20,21)9(22,23)10(24,25)11(26,27)12(28,29)31-2-1-30/h3-6H,1-2,30H2. The largest absolute Gasteiger partial charge is 0.426 e. The summed E-state index contributed by atoms with van der Waals surface area (Å²) in [7, 11) is 0. The maximum atomic E-state index is 13.4. The predicted octanol–water partition coefficient (Wildman–Crippen LogP) is 5.01. The minimum atomic E-state index is -8.32. The Kier molecular flexibility index (Phi) is 8.57. The van der Waals surface area contributed by atoms with Gasteiger partial charge in [-0.2, -0.15) is 52.7 Å². The third-order valence-corrected chi connectivity index (χ3v) is 3.54. The van der Waals surface area contributed by atoms with Gasteiger partial charge in [-0.15, -0.1) is 0 Å². The molecule has 0 spiro atoms. The fraction of sp³-hybridized carbons (Fsp3) is 1.00. The highest BCUT2D eigenvalue weighted by atomic mass is 19.4. The van der Waals surface area contributed by atoms with E-state index < -0.39 is 73.8 Å². The monoisotopic (exact) mass is 507 g/mol. The zero-order chi connectivity index (χ0) is 25.4. The zero-order valence-corrected chi connectivity index (χ0v) is 14.1. The summed E-state index contributed by atoms with van der Waals surface area (Å²) < 4.78 is 225. The molecular weight excluding hydrogens is 497 g/mol. The van der Waals surface area contributed by atoms with Crippen LogP contribution in [0.5, 0.6) is 0 Å². The maximum absolute atomic E-state index is 13.4. The van der Waals surface area contributed by atoms with Gasteiger partial charge in [0.15, 0.2) is 12.3 Å². The molecule has 0 bridgehead atoms. The molecule has 3 unspecified atom stereocenters. The molecule has 0 aromatic carbocycles. The lowest BCUT2D eigenvalue weighted by molar-refractivity contribution is -0.460. The number of rotatable bonds is 12. The highest BCUT2D eigenvalue weighted by molar-refractivity contribution is 5.12. The van der Waals surface area contributed by atoms with Gasteiger partial charge < -0.3 is 10.5 Å².